The molecule has 6 heteroatoms. The minimum absolute atomic E-state index is 0.0612. The van der Waals surface area contributed by atoms with Crippen LogP contribution in [-0.4, -0.2) is 33.4 Å². The molecule has 6 nitrogen and oxygen atoms in total. The van der Waals surface area contributed by atoms with Crippen molar-refractivity contribution in [2.24, 2.45) is 0 Å². The Morgan fingerprint density at radius 1 is 1.41 bits per heavy atom. The Labute approximate surface area is 98.9 Å². The molecule has 1 aromatic rings. The Balaban J connectivity index is 3.23. The van der Waals surface area contributed by atoms with Crippen molar-refractivity contribution in [3.05, 3.63) is 6.07 Å². The molecular formula is C11H16N2O4. The lowest BCUT2D eigenvalue weighted by molar-refractivity contribution is -0.125. The second-order valence-electron chi connectivity index (χ2n) is 3.89. The van der Waals surface area contributed by atoms with Gasteiger partial charge in [-0.05, 0) is 13.8 Å². The van der Waals surface area contributed by atoms with E-state index < -0.39 is 6.04 Å². The third-order valence-electron chi connectivity index (χ3n) is 2.52. The minimum atomic E-state index is -0.880. The largest absolute Gasteiger partial charge is 0.494 e. The molecule has 1 heterocycles. The molecule has 1 rings (SSSR count). The van der Waals surface area contributed by atoms with E-state index in [1.807, 2.05) is 0 Å². The highest BCUT2D eigenvalue weighted by molar-refractivity contribution is 5.87. The van der Waals surface area contributed by atoms with Gasteiger partial charge in [0, 0.05) is 19.5 Å². The molecule has 0 amide bonds. The van der Waals surface area contributed by atoms with Crippen molar-refractivity contribution < 1.29 is 19.8 Å². The van der Waals surface area contributed by atoms with E-state index in [2.05, 4.69) is 5.32 Å². The minimum Gasteiger partial charge on any atom is -0.494 e. The second-order valence-corrected chi connectivity index (χ2v) is 3.89. The van der Waals surface area contributed by atoms with E-state index in [1.54, 1.807) is 7.05 Å². The Morgan fingerprint density at radius 3 is 2.35 bits per heavy atom. The normalized spacial score (nSPS) is 12.2. The number of Topliss-reactive ketones (excluding diaryl/α,β-unsaturated/α-hetero) is 2. The summed E-state index contributed by atoms with van der Waals surface area (Å²) in [6, 6.07) is 0.417. The molecule has 0 aliphatic carbocycles. The smallest absolute Gasteiger partial charge is 0.218 e. The van der Waals surface area contributed by atoms with Crippen molar-refractivity contribution in [2.45, 2.75) is 26.3 Å². The third-order valence-corrected chi connectivity index (χ3v) is 2.52. The van der Waals surface area contributed by atoms with Crippen molar-refractivity contribution in [1.29, 1.82) is 0 Å². The van der Waals surface area contributed by atoms with Gasteiger partial charge in [-0.1, -0.05) is 0 Å². The average molecular weight is 240 g/mol. The first kappa shape index (κ1) is 13.1. The quantitative estimate of drug-likeness (QED) is 0.715. The van der Waals surface area contributed by atoms with E-state index in [9.17, 15) is 19.8 Å². The van der Waals surface area contributed by atoms with Crippen LogP contribution in [0.1, 0.15) is 26.3 Å². The van der Waals surface area contributed by atoms with E-state index >= 15 is 0 Å². The zero-order valence-corrected chi connectivity index (χ0v) is 10.0. The summed E-state index contributed by atoms with van der Waals surface area (Å²) in [6.07, 6.45) is -0.0612. The van der Waals surface area contributed by atoms with Crippen LogP contribution in [0.3, 0.4) is 0 Å². The van der Waals surface area contributed by atoms with Crippen molar-refractivity contribution in [2.75, 3.05) is 12.4 Å². The lowest BCUT2D eigenvalue weighted by Crippen LogP contribution is -2.19. The summed E-state index contributed by atoms with van der Waals surface area (Å²) in [5.41, 5.74) is 0.303. The maximum Gasteiger partial charge on any atom is 0.218 e. The van der Waals surface area contributed by atoms with Gasteiger partial charge in [0.15, 0.2) is 11.7 Å². The first-order chi connectivity index (χ1) is 7.88. The predicted octanol–water partition coefficient (Wildman–Crippen LogP) is 1.05. The predicted molar refractivity (Wildman–Crippen MR) is 62.3 cm³/mol. The van der Waals surface area contributed by atoms with Gasteiger partial charge in [0.25, 0.3) is 0 Å². The molecule has 1 unspecified atom stereocenters. The average Bonchev–Trinajstić information content (AvgIpc) is 2.50. The van der Waals surface area contributed by atoms with Gasteiger partial charge in [-0.3, -0.25) is 14.2 Å². The van der Waals surface area contributed by atoms with Crippen LogP contribution >= 0.6 is 0 Å². The number of hydrogen-bond donors (Lipinski definition) is 3. The second kappa shape index (κ2) is 4.90. The van der Waals surface area contributed by atoms with Gasteiger partial charge in [0.05, 0.1) is 0 Å². The molecule has 0 bridgehead atoms. The molecule has 0 fully saturated rings. The SMILES string of the molecule is CNc1cc(O)n(C(CC(C)=O)C(C)=O)c1O. The summed E-state index contributed by atoms with van der Waals surface area (Å²) >= 11 is 0. The summed E-state index contributed by atoms with van der Waals surface area (Å²) in [7, 11) is 1.58. The zero-order chi connectivity index (χ0) is 13.2. The number of ketones is 2. The summed E-state index contributed by atoms with van der Waals surface area (Å²) in [5.74, 6) is -1.01. The Morgan fingerprint density at radius 2 is 2.00 bits per heavy atom. The highest BCUT2D eigenvalue weighted by Gasteiger charge is 2.25. The molecule has 0 aromatic carbocycles. The molecule has 1 atom stereocenters. The number of nitrogens with one attached hydrogen (secondary N) is 1. The molecule has 0 saturated heterocycles. The van der Waals surface area contributed by atoms with E-state index in [0.717, 1.165) is 4.57 Å². The maximum absolute atomic E-state index is 11.5. The zero-order valence-electron chi connectivity index (χ0n) is 10.0. The van der Waals surface area contributed by atoms with Crippen LogP contribution in [0, 0.1) is 0 Å². The monoisotopic (exact) mass is 240 g/mol. The molecule has 0 radical (unpaired) electrons. The van der Waals surface area contributed by atoms with Gasteiger partial charge in [-0.15, -0.1) is 0 Å². The van der Waals surface area contributed by atoms with Gasteiger partial charge in [-0.25, -0.2) is 0 Å². The van der Waals surface area contributed by atoms with Crippen LogP contribution in [0.4, 0.5) is 5.69 Å². The van der Waals surface area contributed by atoms with Crippen molar-refractivity contribution in [3.63, 3.8) is 0 Å². The van der Waals surface area contributed by atoms with Crippen LogP contribution in [0.25, 0.3) is 0 Å². The number of aromatic hydroxyl groups is 2. The summed E-state index contributed by atoms with van der Waals surface area (Å²) < 4.78 is 1.05. The summed E-state index contributed by atoms with van der Waals surface area (Å²) in [4.78, 5) is 22.6. The van der Waals surface area contributed by atoms with Gasteiger partial charge in [0.2, 0.25) is 5.88 Å². The van der Waals surface area contributed by atoms with Crippen LogP contribution < -0.4 is 5.32 Å². The molecule has 0 spiro atoms. The van der Waals surface area contributed by atoms with Crippen LogP contribution in [0.15, 0.2) is 6.07 Å². The molecule has 3 N–H and O–H groups in total. The number of aromatic nitrogens is 1. The van der Waals surface area contributed by atoms with Crippen LogP contribution in [-0.2, 0) is 9.59 Å². The first-order valence-electron chi connectivity index (χ1n) is 5.19. The molecular weight excluding hydrogens is 224 g/mol. The molecule has 1 aromatic heterocycles. The van der Waals surface area contributed by atoms with Crippen LogP contribution in [0.5, 0.6) is 11.8 Å². The highest BCUT2D eigenvalue weighted by Crippen LogP contribution is 2.36. The Bertz CT molecular complexity index is 451. The lowest BCUT2D eigenvalue weighted by Gasteiger charge is -2.16. The standard InChI is InChI=1S/C11H16N2O4/c1-6(14)4-9(7(2)15)13-10(16)5-8(12-3)11(13)17/h5,9,12,16-17H,4H2,1-3H3. The first-order valence-corrected chi connectivity index (χ1v) is 5.19. The van der Waals surface area contributed by atoms with Crippen LogP contribution in [0.2, 0.25) is 0 Å². The molecule has 0 aliphatic rings. The van der Waals surface area contributed by atoms with E-state index in [-0.39, 0.29) is 29.7 Å². The van der Waals surface area contributed by atoms with Crippen molar-refractivity contribution in [3.8, 4) is 11.8 Å². The van der Waals surface area contributed by atoms with Crippen molar-refractivity contribution >= 4 is 17.3 Å². The number of nitrogens with zero attached hydrogens (tertiary/aromatic N) is 1. The van der Waals surface area contributed by atoms with Gasteiger partial charge >= 0.3 is 0 Å². The third kappa shape index (κ3) is 2.58. The molecule has 17 heavy (non-hydrogen) atoms. The van der Waals surface area contributed by atoms with E-state index in [4.69, 9.17) is 0 Å². The lowest BCUT2D eigenvalue weighted by atomic mass is 10.1. The fourth-order valence-electron chi connectivity index (χ4n) is 1.68. The van der Waals surface area contributed by atoms with E-state index in [1.165, 1.54) is 19.9 Å². The number of anilines is 1. The van der Waals surface area contributed by atoms with Crippen molar-refractivity contribution in [1.82, 2.24) is 4.57 Å². The highest BCUT2D eigenvalue weighted by atomic mass is 16.3. The molecule has 0 aliphatic heterocycles. The van der Waals surface area contributed by atoms with Gasteiger partial charge < -0.3 is 15.5 Å². The number of hydrogen-bond acceptors (Lipinski definition) is 5. The topological polar surface area (TPSA) is 91.6 Å². The Hall–Kier alpha value is -1.98. The maximum atomic E-state index is 11.5. The van der Waals surface area contributed by atoms with Gasteiger partial charge in [-0.2, -0.15) is 0 Å². The fraction of sp³-hybridized carbons (Fsp3) is 0.455. The summed E-state index contributed by atoms with van der Waals surface area (Å²) in [6.45, 7) is 2.66. The number of carbonyl (C=O) groups is 2. The molecule has 0 saturated carbocycles. The van der Waals surface area contributed by atoms with E-state index in [0.29, 0.717) is 5.69 Å². The number of rotatable bonds is 5. The van der Waals surface area contributed by atoms with Gasteiger partial charge in [0.1, 0.15) is 17.5 Å². The molecule has 94 valence electrons. The number of carbonyl (C=O) groups excluding carboxylic acids is 2. The summed E-state index contributed by atoms with van der Waals surface area (Å²) in [5, 5.41) is 22.2. The fourth-order valence-corrected chi connectivity index (χ4v) is 1.68. The Kier molecular flexibility index (Phi) is 3.77.